The summed E-state index contributed by atoms with van der Waals surface area (Å²) >= 11 is 0. The highest BCUT2D eigenvalue weighted by Crippen LogP contribution is 2.14. The van der Waals surface area contributed by atoms with Crippen molar-refractivity contribution in [3.8, 4) is 0 Å². The number of carbonyl (C=O) groups is 2. The molecule has 0 aliphatic rings. The summed E-state index contributed by atoms with van der Waals surface area (Å²) in [5.41, 5.74) is 5.24. The monoisotopic (exact) mass is 250 g/mol. The van der Waals surface area contributed by atoms with Gasteiger partial charge >= 0.3 is 12.0 Å². The number of hydrogen-bond acceptors (Lipinski definition) is 3. The number of para-hydroxylation sites is 1. The van der Waals surface area contributed by atoms with Gasteiger partial charge in [-0.3, -0.25) is 9.69 Å². The second kappa shape index (κ2) is 5.53. The molecule has 0 bridgehead atoms. The summed E-state index contributed by atoms with van der Waals surface area (Å²) in [4.78, 5) is 24.2. The van der Waals surface area contributed by atoms with Crippen molar-refractivity contribution in [2.75, 3.05) is 11.4 Å². The maximum atomic E-state index is 11.7. The number of primary amides is 1. The first-order valence-electron chi connectivity index (χ1n) is 5.63. The van der Waals surface area contributed by atoms with Crippen LogP contribution in [0.1, 0.15) is 20.8 Å². The molecule has 0 aromatic heterocycles. The molecule has 5 nitrogen and oxygen atoms in total. The van der Waals surface area contributed by atoms with Crippen molar-refractivity contribution in [1.82, 2.24) is 0 Å². The Bertz CT molecular complexity index is 424. The molecule has 1 rings (SSSR count). The second-order valence-electron chi connectivity index (χ2n) is 4.85. The summed E-state index contributed by atoms with van der Waals surface area (Å²) in [6, 6.07) is 8.06. The zero-order valence-corrected chi connectivity index (χ0v) is 10.8. The van der Waals surface area contributed by atoms with Gasteiger partial charge in [0.1, 0.15) is 12.1 Å². The minimum atomic E-state index is -0.688. The average molecular weight is 250 g/mol. The first-order chi connectivity index (χ1) is 8.29. The first kappa shape index (κ1) is 14.0. The van der Waals surface area contributed by atoms with E-state index in [9.17, 15) is 9.59 Å². The van der Waals surface area contributed by atoms with Gasteiger partial charge in [0.25, 0.3) is 0 Å². The molecule has 0 saturated heterocycles. The third kappa shape index (κ3) is 4.45. The number of urea groups is 1. The lowest BCUT2D eigenvalue weighted by atomic mass is 10.2. The Kier molecular flexibility index (Phi) is 4.31. The van der Waals surface area contributed by atoms with Crippen LogP contribution >= 0.6 is 0 Å². The number of nitrogens with two attached hydrogens (primary N) is 1. The second-order valence-corrected chi connectivity index (χ2v) is 4.85. The lowest BCUT2D eigenvalue weighted by molar-refractivity contribution is -0.152. The van der Waals surface area contributed by atoms with Crippen LogP contribution in [0.2, 0.25) is 0 Å². The molecule has 2 amide bonds. The summed E-state index contributed by atoms with van der Waals surface area (Å²) < 4.78 is 5.15. The van der Waals surface area contributed by atoms with E-state index in [0.29, 0.717) is 5.69 Å². The van der Waals surface area contributed by atoms with E-state index in [0.717, 1.165) is 0 Å². The molecular formula is C13H18N2O3. The van der Waals surface area contributed by atoms with Gasteiger partial charge in [0.05, 0.1) is 0 Å². The zero-order chi connectivity index (χ0) is 13.8. The van der Waals surface area contributed by atoms with E-state index in [1.54, 1.807) is 45.0 Å². The standard InChI is InChI=1S/C13H18N2O3/c1-13(2,3)18-11(16)9-15(12(14)17)10-7-5-4-6-8-10/h4-8H,9H2,1-3H3,(H2,14,17). The third-order valence-corrected chi connectivity index (χ3v) is 2.04. The van der Waals surface area contributed by atoms with Crippen LogP contribution in [0.15, 0.2) is 30.3 Å². The number of ether oxygens (including phenoxy) is 1. The Labute approximate surface area is 107 Å². The topological polar surface area (TPSA) is 72.6 Å². The van der Waals surface area contributed by atoms with Gasteiger partial charge in [0, 0.05) is 5.69 Å². The summed E-state index contributed by atoms with van der Waals surface area (Å²) in [6.07, 6.45) is 0. The molecule has 0 fully saturated rings. The van der Waals surface area contributed by atoms with E-state index in [2.05, 4.69) is 0 Å². The number of anilines is 1. The molecule has 98 valence electrons. The summed E-state index contributed by atoms with van der Waals surface area (Å²) in [5.74, 6) is -0.495. The van der Waals surface area contributed by atoms with Crippen LogP contribution in [0, 0.1) is 0 Å². The predicted octanol–water partition coefficient (Wildman–Crippen LogP) is 1.91. The number of amides is 2. The van der Waals surface area contributed by atoms with Gasteiger partial charge in [-0.15, -0.1) is 0 Å². The molecule has 0 aliphatic carbocycles. The van der Waals surface area contributed by atoms with E-state index >= 15 is 0 Å². The van der Waals surface area contributed by atoms with Crippen LogP contribution in [0.3, 0.4) is 0 Å². The fraction of sp³-hybridized carbons (Fsp3) is 0.385. The summed E-state index contributed by atoms with van der Waals surface area (Å²) in [5, 5.41) is 0. The lowest BCUT2D eigenvalue weighted by Crippen LogP contribution is -2.41. The van der Waals surface area contributed by atoms with Gasteiger partial charge in [0.2, 0.25) is 0 Å². The molecule has 2 N–H and O–H groups in total. The molecule has 18 heavy (non-hydrogen) atoms. The van der Waals surface area contributed by atoms with Gasteiger partial charge in [-0.05, 0) is 32.9 Å². The Morgan fingerprint density at radius 2 is 1.78 bits per heavy atom. The third-order valence-electron chi connectivity index (χ3n) is 2.04. The van der Waals surface area contributed by atoms with Crippen LogP contribution in [-0.4, -0.2) is 24.1 Å². The van der Waals surface area contributed by atoms with Crippen LogP contribution in [0.4, 0.5) is 10.5 Å². The van der Waals surface area contributed by atoms with Crippen LogP contribution < -0.4 is 10.6 Å². The molecule has 5 heteroatoms. The average Bonchev–Trinajstić information content (AvgIpc) is 2.24. The largest absolute Gasteiger partial charge is 0.459 e. The number of carbonyl (C=O) groups excluding carboxylic acids is 2. The van der Waals surface area contributed by atoms with Gasteiger partial charge in [-0.25, -0.2) is 4.79 Å². The molecule has 0 aliphatic heterocycles. The molecule has 0 heterocycles. The van der Waals surface area contributed by atoms with Crippen LogP contribution in [-0.2, 0) is 9.53 Å². The highest BCUT2D eigenvalue weighted by atomic mass is 16.6. The maximum Gasteiger partial charge on any atom is 0.326 e. The highest BCUT2D eigenvalue weighted by Gasteiger charge is 2.21. The molecular weight excluding hydrogens is 232 g/mol. The van der Waals surface area contributed by atoms with Crippen molar-refractivity contribution >= 4 is 17.7 Å². The maximum absolute atomic E-state index is 11.7. The molecule has 0 atom stereocenters. The molecule has 0 spiro atoms. The van der Waals surface area contributed by atoms with E-state index in [1.165, 1.54) is 4.90 Å². The van der Waals surface area contributed by atoms with Crippen molar-refractivity contribution in [2.24, 2.45) is 5.73 Å². The Morgan fingerprint density at radius 1 is 1.22 bits per heavy atom. The van der Waals surface area contributed by atoms with E-state index in [4.69, 9.17) is 10.5 Å². The molecule has 1 aromatic carbocycles. The predicted molar refractivity (Wildman–Crippen MR) is 69.2 cm³/mol. The van der Waals surface area contributed by atoms with Crippen LogP contribution in [0.25, 0.3) is 0 Å². The van der Waals surface area contributed by atoms with E-state index in [-0.39, 0.29) is 6.54 Å². The summed E-state index contributed by atoms with van der Waals surface area (Å²) in [6.45, 7) is 5.10. The number of esters is 1. The smallest absolute Gasteiger partial charge is 0.326 e. The summed E-state index contributed by atoms with van der Waals surface area (Å²) in [7, 11) is 0. The Morgan fingerprint density at radius 3 is 2.22 bits per heavy atom. The molecule has 0 radical (unpaired) electrons. The quantitative estimate of drug-likeness (QED) is 0.833. The minimum absolute atomic E-state index is 0.198. The van der Waals surface area contributed by atoms with Crippen molar-refractivity contribution < 1.29 is 14.3 Å². The fourth-order valence-corrected chi connectivity index (χ4v) is 1.41. The van der Waals surface area contributed by atoms with Crippen molar-refractivity contribution in [3.63, 3.8) is 0 Å². The van der Waals surface area contributed by atoms with E-state index < -0.39 is 17.6 Å². The van der Waals surface area contributed by atoms with Crippen molar-refractivity contribution in [3.05, 3.63) is 30.3 Å². The normalized spacial score (nSPS) is 10.8. The first-order valence-corrected chi connectivity index (χ1v) is 5.63. The zero-order valence-electron chi connectivity index (χ0n) is 10.8. The Balaban J connectivity index is 2.77. The number of benzene rings is 1. The van der Waals surface area contributed by atoms with Gasteiger partial charge in [0.15, 0.2) is 0 Å². The highest BCUT2D eigenvalue weighted by molar-refractivity contribution is 5.95. The number of nitrogens with zero attached hydrogens (tertiary/aromatic N) is 1. The fourth-order valence-electron chi connectivity index (χ4n) is 1.41. The number of hydrogen-bond donors (Lipinski definition) is 1. The van der Waals surface area contributed by atoms with Gasteiger partial charge < -0.3 is 10.5 Å². The van der Waals surface area contributed by atoms with Gasteiger partial charge in [-0.2, -0.15) is 0 Å². The van der Waals surface area contributed by atoms with E-state index in [1.807, 2.05) is 6.07 Å². The lowest BCUT2D eigenvalue weighted by Gasteiger charge is -2.24. The van der Waals surface area contributed by atoms with Crippen LogP contribution in [0.5, 0.6) is 0 Å². The van der Waals surface area contributed by atoms with Crippen molar-refractivity contribution in [2.45, 2.75) is 26.4 Å². The molecule has 0 unspecified atom stereocenters. The van der Waals surface area contributed by atoms with Gasteiger partial charge in [-0.1, -0.05) is 18.2 Å². The van der Waals surface area contributed by atoms with Crippen molar-refractivity contribution in [1.29, 1.82) is 0 Å². The minimum Gasteiger partial charge on any atom is -0.459 e. The molecule has 0 saturated carbocycles. The Hall–Kier alpha value is -2.04. The molecule has 1 aromatic rings. The SMILES string of the molecule is CC(C)(C)OC(=O)CN(C(N)=O)c1ccccc1. The number of rotatable bonds is 3.